The van der Waals surface area contributed by atoms with Crippen LogP contribution in [0.1, 0.15) is 30.1 Å². The van der Waals surface area contributed by atoms with Gasteiger partial charge in [-0.2, -0.15) is 11.8 Å². The quantitative estimate of drug-likeness (QED) is 0.699. The number of hydrogen-bond donors (Lipinski definition) is 0. The molecule has 0 radical (unpaired) electrons. The summed E-state index contributed by atoms with van der Waals surface area (Å²) in [6.45, 7) is 0. The fourth-order valence-electron chi connectivity index (χ4n) is 1.71. The highest BCUT2D eigenvalue weighted by Crippen LogP contribution is 2.38. The topological polar surface area (TPSA) is 0 Å². The number of halogens is 1. The summed E-state index contributed by atoms with van der Waals surface area (Å²) in [6.07, 6.45) is 4.18. The predicted octanol–water partition coefficient (Wildman–Crippen LogP) is 4.25. The molecule has 1 aromatic rings. The third-order valence-electron chi connectivity index (χ3n) is 2.40. The normalized spacial score (nSPS) is 23.0. The summed E-state index contributed by atoms with van der Waals surface area (Å²) in [4.78, 5) is 0. The van der Waals surface area contributed by atoms with Crippen molar-refractivity contribution in [2.24, 2.45) is 0 Å². The summed E-state index contributed by atoms with van der Waals surface area (Å²) in [5, 5.41) is 0.767. The average Bonchev–Trinajstić information content (AvgIpc) is 2.19. The third-order valence-corrected chi connectivity index (χ3v) is 4.51. The van der Waals surface area contributed by atoms with Crippen molar-refractivity contribution < 1.29 is 0 Å². The van der Waals surface area contributed by atoms with Gasteiger partial charge in [0, 0.05) is 8.82 Å². The van der Waals surface area contributed by atoms with Crippen LogP contribution in [-0.2, 0) is 0 Å². The highest BCUT2D eigenvalue weighted by atomic mass is 127. The van der Waals surface area contributed by atoms with Crippen LogP contribution in [0.5, 0.6) is 0 Å². The zero-order chi connectivity index (χ0) is 9.10. The van der Waals surface area contributed by atoms with Crippen LogP contribution in [0.3, 0.4) is 0 Å². The van der Waals surface area contributed by atoms with E-state index in [0.717, 1.165) is 5.25 Å². The molecule has 2 heteroatoms. The van der Waals surface area contributed by atoms with Crippen molar-refractivity contribution in [3.05, 3.63) is 33.4 Å². The van der Waals surface area contributed by atoms with Gasteiger partial charge in [-0.15, -0.1) is 0 Å². The van der Waals surface area contributed by atoms with Crippen LogP contribution in [0.4, 0.5) is 0 Å². The van der Waals surface area contributed by atoms with E-state index >= 15 is 0 Å². The molecule has 70 valence electrons. The van der Waals surface area contributed by atoms with Gasteiger partial charge in [0.2, 0.25) is 0 Å². The van der Waals surface area contributed by atoms with Gasteiger partial charge in [0.1, 0.15) is 0 Å². The van der Waals surface area contributed by atoms with Gasteiger partial charge in [-0.25, -0.2) is 0 Å². The second kappa shape index (κ2) is 4.69. The summed E-state index contributed by atoms with van der Waals surface area (Å²) < 4.78 is 1.36. The lowest BCUT2D eigenvalue weighted by atomic mass is 10.1. The van der Waals surface area contributed by atoms with Gasteiger partial charge in [0.15, 0.2) is 0 Å². The minimum absolute atomic E-state index is 0.767. The first-order chi connectivity index (χ1) is 6.36. The van der Waals surface area contributed by atoms with E-state index in [0.29, 0.717) is 0 Å². The Kier molecular flexibility index (Phi) is 3.55. The van der Waals surface area contributed by atoms with Crippen LogP contribution in [-0.4, -0.2) is 5.75 Å². The van der Waals surface area contributed by atoms with Crippen molar-refractivity contribution in [1.29, 1.82) is 0 Å². The molecule has 1 aliphatic heterocycles. The van der Waals surface area contributed by atoms with Gasteiger partial charge in [-0.05, 0) is 58.9 Å². The zero-order valence-electron chi connectivity index (χ0n) is 7.50. The molecule has 1 heterocycles. The zero-order valence-corrected chi connectivity index (χ0v) is 10.5. The van der Waals surface area contributed by atoms with E-state index in [1.807, 2.05) is 0 Å². The second-order valence-corrected chi connectivity index (χ2v) is 5.97. The molecule has 1 atom stereocenters. The standard InChI is InChI=1S/C11H13IS/c12-10-5-3-4-9(8-10)11-6-1-2-7-13-11/h3-5,8,11H,1-2,6-7H2. The first-order valence-corrected chi connectivity index (χ1v) is 6.86. The molecule has 0 bridgehead atoms. The maximum atomic E-state index is 2.39. The first-order valence-electron chi connectivity index (χ1n) is 4.73. The molecule has 0 nitrogen and oxygen atoms in total. The van der Waals surface area contributed by atoms with Crippen molar-refractivity contribution in [3.63, 3.8) is 0 Å². The lowest BCUT2D eigenvalue weighted by molar-refractivity contribution is 0.686. The molecule has 1 fully saturated rings. The van der Waals surface area contributed by atoms with E-state index in [9.17, 15) is 0 Å². The van der Waals surface area contributed by atoms with Crippen molar-refractivity contribution in [2.75, 3.05) is 5.75 Å². The summed E-state index contributed by atoms with van der Waals surface area (Å²) >= 11 is 4.51. The Morgan fingerprint density at radius 3 is 2.92 bits per heavy atom. The average molecular weight is 304 g/mol. The second-order valence-electron chi connectivity index (χ2n) is 3.41. The minimum atomic E-state index is 0.767. The van der Waals surface area contributed by atoms with E-state index in [2.05, 4.69) is 58.6 Å². The molecule has 1 aromatic carbocycles. The largest absolute Gasteiger partial charge is 0.154 e. The molecule has 0 saturated carbocycles. The molecule has 0 spiro atoms. The van der Waals surface area contributed by atoms with E-state index in [1.165, 1.54) is 34.1 Å². The summed E-state index contributed by atoms with van der Waals surface area (Å²) in [7, 11) is 0. The fourth-order valence-corrected chi connectivity index (χ4v) is 3.61. The molecule has 1 saturated heterocycles. The SMILES string of the molecule is Ic1cccc(C2CCCCS2)c1. The number of thioether (sulfide) groups is 1. The lowest BCUT2D eigenvalue weighted by Crippen LogP contribution is -2.01. The van der Waals surface area contributed by atoms with E-state index in [1.54, 1.807) is 0 Å². The minimum Gasteiger partial charge on any atom is -0.154 e. The number of rotatable bonds is 1. The molecule has 1 aliphatic rings. The Labute approximate surface area is 97.6 Å². The maximum absolute atomic E-state index is 2.39. The molecular formula is C11H13IS. The Bertz CT molecular complexity index is 279. The van der Waals surface area contributed by atoms with Gasteiger partial charge in [0.25, 0.3) is 0 Å². The molecule has 0 N–H and O–H groups in total. The van der Waals surface area contributed by atoms with Crippen LogP contribution in [0.25, 0.3) is 0 Å². The van der Waals surface area contributed by atoms with E-state index < -0.39 is 0 Å². The lowest BCUT2D eigenvalue weighted by Gasteiger charge is -2.21. The summed E-state index contributed by atoms with van der Waals surface area (Å²) in [5.41, 5.74) is 1.52. The molecular weight excluding hydrogens is 291 g/mol. The maximum Gasteiger partial charge on any atom is 0.0297 e. The van der Waals surface area contributed by atoms with Crippen molar-refractivity contribution in [2.45, 2.75) is 24.5 Å². The third kappa shape index (κ3) is 2.62. The van der Waals surface area contributed by atoms with Crippen LogP contribution < -0.4 is 0 Å². The first kappa shape index (κ1) is 9.84. The molecule has 1 unspecified atom stereocenters. The predicted molar refractivity (Wildman–Crippen MR) is 68.2 cm³/mol. The smallest absolute Gasteiger partial charge is 0.0297 e. The van der Waals surface area contributed by atoms with Crippen LogP contribution in [0.15, 0.2) is 24.3 Å². The fraction of sp³-hybridized carbons (Fsp3) is 0.455. The van der Waals surface area contributed by atoms with Crippen molar-refractivity contribution in [3.8, 4) is 0 Å². The Balaban J connectivity index is 2.14. The highest BCUT2D eigenvalue weighted by Gasteiger charge is 2.15. The van der Waals surface area contributed by atoms with Gasteiger partial charge in [0.05, 0.1) is 0 Å². The highest BCUT2D eigenvalue weighted by molar-refractivity contribution is 14.1. The van der Waals surface area contributed by atoms with Gasteiger partial charge < -0.3 is 0 Å². The van der Waals surface area contributed by atoms with Gasteiger partial charge in [-0.1, -0.05) is 18.6 Å². The van der Waals surface area contributed by atoms with Crippen LogP contribution >= 0.6 is 34.4 Å². The Hall–Kier alpha value is 0.300. The monoisotopic (exact) mass is 304 g/mol. The summed E-state index contributed by atoms with van der Waals surface area (Å²) in [6, 6.07) is 8.93. The molecule has 0 aliphatic carbocycles. The van der Waals surface area contributed by atoms with Gasteiger partial charge in [-0.3, -0.25) is 0 Å². The Morgan fingerprint density at radius 2 is 2.23 bits per heavy atom. The summed E-state index contributed by atoms with van der Waals surface area (Å²) in [5.74, 6) is 1.34. The Morgan fingerprint density at radius 1 is 1.31 bits per heavy atom. The van der Waals surface area contributed by atoms with Crippen LogP contribution in [0, 0.1) is 3.57 Å². The van der Waals surface area contributed by atoms with E-state index in [-0.39, 0.29) is 0 Å². The number of benzene rings is 1. The van der Waals surface area contributed by atoms with Gasteiger partial charge >= 0.3 is 0 Å². The van der Waals surface area contributed by atoms with E-state index in [4.69, 9.17) is 0 Å². The van der Waals surface area contributed by atoms with Crippen LogP contribution in [0.2, 0.25) is 0 Å². The van der Waals surface area contributed by atoms with Crippen molar-refractivity contribution >= 4 is 34.4 Å². The molecule has 0 amide bonds. The van der Waals surface area contributed by atoms with Crippen molar-refractivity contribution in [1.82, 2.24) is 0 Å². The molecule has 0 aromatic heterocycles. The molecule has 2 rings (SSSR count). The molecule has 13 heavy (non-hydrogen) atoms. The number of hydrogen-bond acceptors (Lipinski definition) is 1.